The third-order valence-corrected chi connectivity index (χ3v) is 4.08. The smallest absolute Gasteiger partial charge is 0.00499 e. The van der Waals surface area contributed by atoms with Gasteiger partial charge in [0, 0.05) is 12.0 Å². The summed E-state index contributed by atoms with van der Waals surface area (Å²) < 4.78 is 0. The van der Waals surface area contributed by atoms with Crippen LogP contribution in [0, 0.1) is 6.92 Å². The van der Waals surface area contributed by atoms with Crippen molar-refractivity contribution < 1.29 is 0 Å². The van der Waals surface area contributed by atoms with Crippen molar-refractivity contribution in [2.75, 3.05) is 6.54 Å². The van der Waals surface area contributed by atoms with Crippen LogP contribution in [0.2, 0.25) is 0 Å². The van der Waals surface area contributed by atoms with E-state index in [1.165, 1.54) is 49.7 Å². The fourth-order valence-electron chi connectivity index (χ4n) is 2.72. The van der Waals surface area contributed by atoms with Gasteiger partial charge in [0.05, 0.1) is 0 Å². The molecule has 1 unspecified atom stereocenters. The van der Waals surface area contributed by atoms with E-state index in [2.05, 4.69) is 45.0 Å². The Balaban J connectivity index is 2.60. The lowest BCUT2D eigenvalue weighted by Gasteiger charge is -2.30. The second-order valence-corrected chi connectivity index (χ2v) is 5.74. The molecule has 0 fully saturated rings. The zero-order chi connectivity index (χ0) is 13.4. The van der Waals surface area contributed by atoms with Crippen LogP contribution in [0.1, 0.15) is 63.5 Å². The van der Waals surface area contributed by atoms with Crippen molar-refractivity contribution in [3.8, 4) is 0 Å². The van der Waals surface area contributed by atoms with Crippen molar-refractivity contribution in [1.82, 2.24) is 0 Å². The Labute approximate surface area is 113 Å². The average Bonchev–Trinajstić information content (AvgIpc) is 2.39. The molecule has 1 aromatic carbocycles. The summed E-state index contributed by atoms with van der Waals surface area (Å²) in [7, 11) is 0. The van der Waals surface area contributed by atoms with E-state index in [9.17, 15) is 0 Å². The van der Waals surface area contributed by atoms with Crippen molar-refractivity contribution in [3.63, 3.8) is 0 Å². The molecule has 2 N–H and O–H groups in total. The number of hydrogen-bond donors (Lipinski definition) is 1. The maximum absolute atomic E-state index is 6.05. The molecule has 0 saturated heterocycles. The molecular weight excluding hydrogens is 218 g/mol. The first kappa shape index (κ1) is 15.2. The molecule has 0 aliphatic carbocycles. The van der Waals surface area contributed by atoms with Gasteiger partial charge in [-0.3, -0.25) is 0 Å². The third kappa shape index (κ3) is 4.13. The Morgan fingerprint density at radius 2 is 1.72 bits per heavy atom. The summed E-state index contributed by atoms with van der Waals surface area (Å²) in [5, 5.41) is 0. The van der Waals surface area contributed by atoms with Gasteiger partial charge in [-0.15, -0.1) is 0 Å². The van der Waals surface area contributed by atoms with Crippen LogP contribution in [-0.4, -0.2) is 6.54 Å². The van der Waals surface area contributed by atoms with Crippen molar-refractivity contribution in [2.45, 2.75) is 64.7 Å². The summed E-state index contributed by atoms with van der Waals surface area (Å²) >= 11 is 0. The minimum Gasteiger partial charge on any atom is -0.330 e. The average molecular weight is 247 g/mol. The highest BCUT2D eigenvalue weighted by Gasteiger charge is 2.25. The summed E-state index contributed by atoms with van der Waals surface area (Å²) in [6.45, 7) is 7.51. The van der Waals surface area contributed by atoms with Crippen LogP contribution in [0.5, 0.6) is 0 Å². The van der Waals surface area contributed by atoms with Gasteiger partial charge in [0.15, 0.2) is 0 Å². The van der Waals surface area contributed by atoms with E-state index in [-0.39, 0.29) is 5.41 Å². The number of benzene rings is 1. The van der Waals surface area contributed by atoms with Crippen LogP contribution in [0.15, 0.2) is 24.3 Å². The molecule has 0 bridgehead atoms. The van der Waals surface area contributed by atoms with Crippen molar-refractivity contribution in [1.29, 1.82) is 0 Å². The normalized spacial score (nSPS) is 14.4. The molecule has 1 aromatic rings. The van der Waals surface area contributed by atoms with E-state index in [1.807, 2.05) is 0 Å². The molecular formula is C17H29N. The molecule has 0 spiro atoms. The van der Waals surface area contributed by atoms with Crippen molar-refractivity contribution in [3.05, 3.63) is 35.4 Å². The maximum Gasteiger partial charge on any atom is 0.00499 e. The van der Waals surface area contributed by atoms with Gasteiger partial charge in [0.1, 0.15) is 0 Å². The first-order valence-electron chi connectivity index (χ1n) is 7.40. The predicted octanol–water partition coefficient (Wildman–Crippen LogP) is 4.57. The standard InChI is InChI=1S/C17H29N/c1-4-5-6-7-10-13-17(3,14-18)16-12-9-8-11-15(16)2/h8-9,11-12H,4-7,10,13-14,18H2,1-3H3. The van der Waals surface area contributed by atoms with Gasteiger partial charge in [-0.2, -0.15) is 0 Å². The molecule has 18 heavy (non-hydrogen) atoms. The van der Waals surface area contributed by atoms with Gasteiger partial charge in [0.25, 0.3) is 0 Å². The Hall–Kier alpha value is -0.820. The second kappa shape index (κ2) is 7.58. The molecule has 102 valence electrons. The first-order valence-corrected chi connectivity index (χ1v) is 7.40. The Kier molecular flexibility index (Phi) is 6.42. The minimum atomic E-state index is 0.150. The fourth-order valence-corrected chi connectivity index (χ4v) is 2.72. The Bertz CT molecular complexity index is 345. The van der Waals surface area contributed by atoms with Crippen LogP contribution < -0.4 is 5.73 Å². The topological polar surface area (TPSA) is 26.0 Å². The first-order chi connectivity index (χ1) is 8.64. The molecule has 1 heteroatoms. The molecule has 1 nitrogen and oxygen atoms in total. The second-order valence-electron chi connectivity index (χ2n) is 5.74. The van der Waals surface area contributed by atoms with Gasteiger partial charge >= 0.3 is 0 Å². The number of nitrogens with two attached hydrogens (primary N) is 1. The highest BCUT2D eigenvalue weighted by Crippen LogP contribution is 2.31. The van der Waals surface area contributed by atoms with E-state index in [1.54, 1.807) is 0 Å². The summed E-state index contributed by atoms with van der Waals surface area (Å²) in [6.07, 6.45) is 7.88. The van der Waals surface area contributed by atoms with E-state index in [4.69, 9.17) is 5.73 Å². The summed E-state index contributed by atoms with van der Waals surface area (Å²) in [5.74, 6) is 0. The lowest BCUT2D eigenvalue weighted by atomic mass is 9.76. The molecule has 0 aromatic heterocycles. The van der Waals surface area contributed by atoms with E-state index in [0.717, 1.165) is 6.54 Å². The fraction of sp³-hybridized carbons (Fsp3) is 0.647. The SMILES string of the molecule is CCCCCCCC(C)(CN)c1ccccc1C. The number of rotatable bonds is 8. The molecule has 0 amide bonds. The van der Waals surface area contributed by atoms with Gasteiger partial charge in [-0.1, -0.05) is 70.2 Å². The lowest BCUT2D eigenvalue weighted by Crippen LogP contribution is -2.32. The molecule has 1 rings (SSSR count). The van der Waals surface area contributed by atoms with Gasteiger partial charge in [-0.25, -0.2) is 0 Å². The van der Waals surface area contributed by atoms with E-state index < -0.39 is 0 Å². The number of unbranched alkanes of at least 4 members (excludes halogenated alkanes) is 4. The Morgan fingerprint density at radius 3 is 2.33 bits per heavy atom. The summed E-state index contributed by atoms with van der Waals surface area (Å²) in [4.78, 5) is 0. The highest BCUT2D eigenvalue weighted by molar-refractivity contribution is 5.33. The monoisotopic (exact) mass is 247 g/mol. The predicted molar refractivity (Wildman–Crippen MR) is 81.0 cm³/mol. The van der Waals surface area contributed by atoms with Crippen LogP contribution in [0.25, 0.3) is 0 Å². The largest absolute Gasteiger partial charge is 0.330 e. The summed E-state index contributed by atoms with van der Waals surface area (Å²) in [6, 6.07) is 8.68. The zero-order valence-electron chi connectivity index (χ0n) is 12.3. The number of aryl methyl sites for hydroxylation is 1. The molecule has 1 atom stereocenters. The molecule has 0 radical (unpaired) electrons. The Morgan fingerprint density at radius 1 is 1.06 bits per heavy atom. The van der Waals surface area contributed by atoms with Crippen molar-refractivity contribution >= 4 is 0 Å². The lowest BCUT2D eigenvalue weighted by molar-refractivity contribution is 0.415. The van der Waals surface area contributed by atoms with Crippen LogP contribution in [0.4, 0.5) is 0 Å². The van der Waals surface area contributed by atoms with Gasteiger partial charge in [-0.05, 0) is 24.5 Å². The molecule has 0 aliphatic heterocycles. The molecule has 0 saturated carbocycles. The quantitative estimate of drug-likeness (QED) is 0.669. The van der Waals surface area contributed by atoms with E-state index >= 15 is 0 Å². The van der Waals surface area contributed by atoms with Gasteiger partial charge in [0.2, 0.25) is 0 Å². The number of hydrogen-bond acceptors (Lipinski definition) is 1. The van der Waals surface area contributed by atoms with Crippen LogP contribution in [0.3, 0.4) is 0 Å². The maximum atomic E-state index is 6.05. The highest BCUT2D eigenvalue weighted by atomic mass is 14.6. The minimum absolute atomic E-state index is 0.150. The van der Waals surface area contributed by atoms with Crippen molar-refractivity contribution in [2.24, 2.45) is 5.73 Å². The molecule has 0 aliphatic rings. The summed E-state index contributed by atoms with van der Waals surface area (Å²) in [5.41, 5.74) is 9.01. The van der Waals surface area contributed by atoms with Crippen LogP contribution in [-0.2, 0) is 5.41 Å². The van der Waals surface area contributed by atoms with Crippen LogP contribution >= 0.6 is 0 Å². The van der Waals surface area contributed by atoms with Gasteiger partial charge < -0.3 is 5.73 Å². The molecule has 0 heterocycles. The third-order valence-electron chi connectivity index (χ3n) is 4.08. The zero-order valence-corrected chi connectivity index (χ0v) is 12.3. The van der Waals surface area contributed by atoms with E-state index in [0.29, 0.717) is 0 Å².